The summed E-state index contributed by atoms with van der Waals surface area (Å²) < 4.78 is 27.0. The minimum Gasteiger partial charge on any atom is -0.480 e. The van der Waals surface area contributed by atoms with Gasteiger partial charge in [0.2, 0.25) is 11.8 Å². The lowest BCUT2D eigenvalue weighted by molar-refractivity contribution is -0.228. The van der Waals surface area contributed by atoms with Crippen LogP contribution < -0.4 is 16.0 Å². The Bertz CT molecular complexity index is 1570. The van der Waals surface area contributed by atoms with Crippen LogP contribution in [0.15, 0.2) is 48.5 Å². The first-order valence-corrected chi connectivity index (χ1v) is 15.3. The minimum atomic E-state index is -1.76. The van der Waals surface area contributed by atoms with E-state index in [0.717, 1.165) is 49.9 Å². The second-order valence-corrected chi connectivity index (χ2v) is 11.4. The second-order valence-electron chi connectivity index (χ2n) is 11.4. The SMILES string of the molecule is CC(=O)NC1[C@H](NC(=O)C[C@H](NC(=O)OCC2c3ccccc3-c3ccccc32)C(=O)O)OC(COC(C)=O)[C@@H](OC(C)=O)[C@H]1OC(C)=O. The summed E-state index contributed by atoms with van der Waals surface area (Å²) in [7, 11) is 0. The average molecular weight is 684 g/mol. The average Bonchev–Trinajstić information content (AvgIpc) is 3.34. The highest BCUT2D eigenvalue weighted by molar-refractivity contribution is 5.87. The molecule has 2 unspecified atom stereocenters. The summed E-state index contributed by atoms with van der Waals surface area (Å²) in [5.74, 6) is -5.83. The van der Waals surface area contributed by atoms with Gasteiger partial charge in [0.05, 0.1) is 6.42 Å². The van der Waals surface area contributed by atoms with Gasteiger partial charge in [0.25, 0.3) is 0 Å². The van der Waals surface area contributed by atoms with E-state index in [4.69, 9.17) is 23.7 Å². The predicted molar refractivity (Wildman–Crippen MR) is 166 cm³/mol. The smallest absolute Gasteiger partial charge is 0.407 e. The van der Waals surface area contributed by atoms with Crippen molar-refractivity contribution >= 4 is 41.8 Å². The molecule has 2 aromatic carbocycles. The van der Waals surface area contributed by atoms with Crippen molar-refractivity contribution in [3.05, 3.63) is 59.7 Å². The summed E-state index contributed by atoms with van der Waals surface area (Å²) in [6, 6.07) is 12.2. The molecule has 4 N–H and O–H groups in total. The van der Waals surface area contributed by atoms with Crippen LogP contribution in [-0.2, 0) is 52.5 Å². The number of carboxylic acids is 1. The quantitative estimate of drug-likeness (QED) is 0.182. The third-order valence-corrected chi connectivity index (χ3v) is 7.74. The molecule has 2 aliphatic rings. The van der Waals surface area contributed by atoms with Crippen molar-refractivity contribution in [1.82, 2.24) is 16.0 Å². The normalized spacial score (nSPS) is 21.5. The fourth-order valence-electron chi connectivity index (χ4n) is 5.84. The van der Waals surface area contributed by atoms with E-state index in [-0.39, 0.29) is 12.5 Å². The summed E-state index contributed by atoms with van der Waals surface area (Å²) in [5.41, 5.74) is 3.89. The molecule has 3 amide bonds. The van der Waals surface area contributed by atoms with E-state index in [9.17, 15) is 38.7 Å². The van der Waals surface area contributed by atoms with Crippen LogP contribution in [0.1, 0.15) is 51.2 Å². The van der Waals surface area contributed by atoms with E-state index in [0.29, 0.717) is 0 Å². The number of rotatable bonds is 12. The van der Waals surface area contributed by atoms with Gasteiger partial charge >= 0.3 is 30.0 Å². The van der Waals surface area contributed by atoms with E-state index in [1.165, 1.54) is 0 Å². The fraction of sp³-hybridized carbons (Fsp3) is 0.424. The lowest BCUT2D eigenvalue weighted by Crippen LogP contribution is -2.69. The van der Waals surface area contributed by atoms with Gasteiger partial charge in [-0.3, -0.25) is 24.0 Å². The van der Waals surface area contributed by atoms with Gasteiger partial charge in [-0.05, 0) is 22.3 Å². The van der Waals surface area contributed by atoms with Gasteiger partial charge in [0.1, 0.15) is 31.4 Å². The van der Waals surface area contributed by atoms with Gasteiger partial charge in [0, 0.05) is 33.6 Å². The Morgan fingerprint density at radius 1 is 0.755 bits per heavy atom. The molecule has 1 aliphatic carbocycles. The molecule has 6 atom stereocenters. The monoisotopic (exact) mass is 683 g/mol. The summed E-state index contributed by atoms with van der Waals surface area (Å²) in [6.45, 7) is 3.77. The largest absolute Gasteiger partial charge is 0.480 e. The molecule has 1 heterocycles. The van der Waals surface area contributed by atoms with Gasteiger partial charge in [-0.15, -0.1) is 0 Å². The predicted octanol–water partition coefficient (Wildman–Crippen LogP) is 1.14. The molecule has 16 nitrogen and oxygen atoms in total. The topological polar surface area (TPSA) is 222 Å². The molecule has 1 aliphatic heterocycles. The first-order valence-electron chi connectivity index (χ1n) is 15.3. The number of alkyl carbamates (subject to hydrolysis) is 1. The van der Waals surface area contributed by atoms with Crippen molar-refractivity contribution in [2.24, 2.45) is 0 Å². The van der Waals surface area contributed by atoms with Crippen LogP contribution in [0.5, 0.6) is 0 Å². The van der Waals surface area contributed by atoms with Crippen molar-refractivity contribution < 1.29 is 62.4 Å². The van der Waals surface area contributed by atoms with E-state index in [1.54, 1.807) is 0 Å². The van der Waals surface area contributed by atoms with Crippen molar-refractivity contribution in [3.63, 3.8) is 0 Å². The molecule has 4 rings (SSSR count). The Morgan fingerprint density at radius 3 is 1.86 bits per heavy atom. The number of carboxylic acid groups (broad SMARTS) is 1. The molecule has 0 aromatic heterocycles. The van der Waals surface area contributed by atoms with Crippen LogP contribution in [0.4, 0.5) is 4.79 Å². The van der Waals surface area contributed by atoms with E-state index in [2.05, 4.69) is 16.0 Å². The molecule has 0 radical (unpaired) electrons. The third kappa shape index (κ3) is 9.31. The number of carbonyl (C=O) groups is 7. The number of carbonyl (C=O) groups excluding carboxylic acids is 6. The molecule has 49 heavy (non-hydrogen) atoms. The maximum absolute atomic E-state index is 13.2. The highest BCUT2D eigenvalue weighted by Crippen LogP contribution is 2.44. The third-order valence-electron chi connectivity index (χ3n) is 7.74. The molecular weight excluding hydrogens is 646 g/mol. The van der Waals surface area contributed by atoms with E-state index >= 15 is 0 Å². The van der Waals surface area contributed by atoms with Crippen molar-refractivity contribution in [2.45, 2.75) is 76.7 Å². The van der Waals surface area contributed by atoms with Crippen LogP contribution in [0.25, 0.3) is 11.1 Å². The van der Waals surface area contributed by atoms with Gasteiger partial charge in [-0.25, -0.2) is 9.59 Å². The molecule has 2 aromatic rings. The Hall–Kier alpha value is -5.51. The summed E-state index contributed by atoms with van der Waals surface area (Å²) in [5, 5.41) is 16.9. The molecule has 0 saturated carbocycles. The molecular formula is C33H37N3O13. The maximum Gasteiger partial charge on any atom is 0.407 e. The number of hydrogen-bond donors (Lipinski definition) is 4. The summed E-state index contributed by atoms with van der Waals surface area (Å²) in [4.78, 5) is 85.8. The Balaban J connectivity index is 1.46. The zero-order valence-corrected chi connectivity index (χ0v) is 27.1. The number of amides is 3. The van der Waals surface area contributed by atoms with Crippen LogP contribution in [0.3, 0.4) is 0 Å². The van der Waals surface area contributed by atoms with E-state index in [1.807, 2.05) is 48.5 Å². The summed E-state index contributed by atoms with van der Waals surface area (Å²) >= 11 is 0. The fourth-order valence-corrected chi connectivity index (χ4v) is 5.84. The summed E-state index contributed by atoms with van der Waals surface area (Å²) in [6.07, 6.45) is -7.55. The Labute approximate surface area is 280 Å². The lowest BCUT2D eigenvalue weighted by Gasteiger charge is -2.45. The van der Waals surface area contributed by atoms with Crippen molar-refractivity contribution in [1.29, 1.82) is 0 Å². The van der Waals surface area contributed by atoms with Crippen LogP contribution in [0.2, 0.25) is 0 Å². The first kappa shape index (κ1) is 36.3. The highest BCUT2D eigenvalue weighted by atomic mass is 16.6. The second kappa shape index (κ2) is 16.1. The molecule has 1 fully saturated rings. The highest BCUT2D eigenvalue weighted by Gasteiger charge is 2.51. The molecule has 16 heteroatoms. The number of ether oxygens (including phenoxy) is 5. The Morgan fingerprint density at radius 2 is 1.33 bits per heavy atom. The lowest BCUT2D eigenvalue weighted by atomic mass is 9.95. The van der Waals surface area contributed by atoms with Crippen LogP contribution >= 0.6 is 0 Å². The standard InChI is InChI=1S/C33H37N3O13/c1-16(37)34-28-30(48-19(4)40)29(47-18(3)39)26(15-45-17(2)38)49-31(28)36-27(41)13-25(32(42)43)35-33(44)46-14-24-22-11-7-5-9-20(22)21-10-6-8-12-23(21)24/h5-12,24-26,28-31H,13-15H2,1-4H3,(H,34,37)(H,35,44)(H,36,41)(H,42,43)/t25-,26?,28?,29+,30-,31+/m0/s1. The van der Waals surface area contributed by atoms with Gasteiger partial charge in [-0.1, -0.05) is 48.5 Å². The zero-order valence-electron chi connectivity index (χ0n) is 27.1. The van der Waals surface area contributed by atoms with Crippen LogP contribution in [-0.4, -0.2) is 96.7 Å². The zero-order chi connectivity index (χ0) is 35.8. The number of hydrogen-bond acceptors (Lipinski definition) is 12. The maximum atomic E-state index is 13.2. The molecule has 1 saturated heterocycles. The molecule has 262 valence electrons. The van der Waals surface area contributed by atoms with Crippen LogP contribution in [0, 0.1) is 0 Å². The minimum absolute atomic E-state index is 0.0997. The van der Waals surface area contributed by atoms with E-state index < -0.39 is 91.4 Å². The number of benzene rings is 2. The van der Waals surface area contributed by atoms with Gasteiger partial charge in [0.15, 0.2) is 18.4 Å². The number of nitrogens with one attached hydrogen (secondary N) is 3. The Kier molecular flexibility index (Phi) is 11.9. The van der Waals surface area contributed by atoms with Gasteiger partial charge in [-0.2, -0.15) is 0 Å². The molecule has 0 spiro atoms. The van der Waals surface area contributed by atoms with Crippen molar-refractivity contribution in [3.8, 4) is 11.1 Å². The number of esters is 3. The molecule has 0 bridgehead atoms. The first-order chi connectivity index (χ1) is 23.2. The van der Waals surface area contributed by atoms with Gasteiger partial charge < -0.3 is 44.7 Å². The number of fused-ring (bicyclic) bond motifs is 3. The number of aliphatic carboxylic acids is 1. The van der Waals surface area contributed by atoms with Crippen molar-refractivity contribution in [2.75, 3.05) is 13.2 Å².